The Hall–Kier alpha value is -2.29. The third-order valence-corrected chi connectivity index (χ3v) is 2.57. The summed E-state index contributed by atoms with van der Waals surface area (Å²) in [6.07, 6.45) is 3.40. The fraction of sp³-hybridized carbons (Fsp3) is 0.235. The summed E-state index contributed by atoms with van der Waals surface area (Å²) in [6.45, 7) is 14.5. The number of nitrogens with zero attached hydrogens (tertiary/aromatic N) is 1. The molecule has 0 saturated carbocycles. The molecule has 106 valence electrons. The van der Waals surface area contributed by atoms with Crippen molar-refractivity contribution in [2.24, 2.45) is 0 Å². The summed E-state index contributed by atoms with van der Waals surface area (Å²) in [5, 5.41) is 0. The molecule has 1 aromatic rings. The molecule has 3 nitrogen and oxygen atoms in total. The van der Waals surface area contributed by atoms with Gasteiger partial charge in [0.1, 0.15) is 12.4 Å². The molecule has 0 aromatic heterocycles. The van der Waals surface area contributed by atoms with E-state index in [0.717, 1.165) is 11.3 Å². The van der Waals surface area contributed by atoms with Crippen molar-refractivity contribution in [1.29, 1.82) is 0 Å². The standard InChI is InChI=1S/C17H21NO2/c1-5-11-18(12-6-2)17(19)15-7-9-16(10-8-15)20-13-14(3)4/h5-10H,1-3,11-13H2,4H3. The van der Waals surface area contributed by atoms with E-state index in [1.165, 1.54) is 0 Å². The van der Waals surface area contributed by atoms with Gasteiger partial charge in [0.2, 0.25) is 0 Å². The molecule has 0 fully saturated rings. The lowest BCUT2D eigenvalue weighted by Crippen LogP contribution is -2.31. The van der Waals surface area contributed by atoms with Crippen LogP contribution >= 0.6 is 0 Å². The molecule has 0 unspecified atom stereocenters. The average Bonchev–Trinajstić information content (AvgIpc) is 2.44. The summed E-state index contributed by atoms with van der Waals surface area (Å²) in [5.74, 6) is 0.680. The highest BCUT2D eigenvalue weighted by atomic mass is 16.5. The van der Waals surface area contributed by atoms with Crippen molar-refractivity contribution < 1.29 is 9.53 Å². The summed E-state index contributed by atoms with van der Waals surface area (Å²) in [5.41, 5.74) is 1.57. The van der Waals surface area contributed by atoms with Crippen LogP contribution in [0.2, 0.25) is 0 Å². The number of hydrogen-bond donors (Lipinski definition) is 0. The van der Waals surface area contributed by atoms with Crippen LogP contribution < -0.4 is 4.74 Å². The first-order chi connectivity index (χ1) is 9.58. The molecule has 3 heteroatoms. The molecular weight excluding hydrogens is 250 g/mol. The third kappa shape index (κ3) is 4.76. The number of amides is 1. The van der Waals surface area contributed by atoms with Gasteiger partial charge in [-0.1, -0.05) is 18.7 Å². The molecule has 0 radical (unpaired) electrons. The fourth-order valence-electron chi connectivity index (χ4n) is 1.63. The Bertz CT molecular complexity index is 478. The Morgan fingerprint density at radius 2 is 1.75 bits per heavy atom. The zero-order valence-electron chi connectivity index (χ0n) is 12.0. The molecule has 0 aliphatic heterocycles. The maximum absolute atomic E-state index is 12.3. The van der Waals surface area contributed by atoms with Crippen molar-refractivity contribution in [3.05, 3.63) is 67.3 Å². The number of carbonyl (C=O) groups is 1. The number of rotatable bonds is 8. The van der Waals surface area contributed by atoms with E-state index < -0.39 is 0 Å². The molecule has 0 N–H and O–H groups in total. The van der Waals surface area contributed by atoms with Gasteiger partial charge in [0, 0.05) is 18.7 Å². The van der Waals surface area contributed by atoms with Crippen molar-refractivity contribution in [1.82, 2.24) is 4.90 Å². The Balaban J connectivity index is 2.75. The Labute approximate surface area is 120 Å². The quantitative estimate of drug-likeness (QED) is 0.678. The average molecular weight is 271 g/mol. The maximum atomic E-state index is 12.3. The predicted molar refractivity (Wildman–Crippen MR) is 83.0 cm³/mol. The number of hydrogen-bond acceptors (Lipinski definition) is 2. The van der Waals surface area contributed by atoms with E-state index in [2.05, 4.69) is 19.7 Å². The van der Waals surface area contributed by atoms with Gasteiger partial charge in [0.15, 0.2) is 0 Å². The van der Waals surface area contributed by atoms with Gasteiger partial charge in [-0.05, 0) is 36.8 Å². The smallest absolute Gasteiger partial charge is 0.254 e. The minimum Gasteiger partial charge on any atom is -0.489 e. The topological polar surface area (TPSA) is 29.5 Å². The molecule has 1 amide bonds. The van der Waals surface area contributed by atoms with Crippen LogP contribution in [-0.2, 0) is 0 Å². The molecular formula is C17H21NO2. The summed E-state index contributed by atoms with van der Waals surface area (Å²) in [4.78, 5) is 13.9. The van der Waals surface area contributed by atoms with Gasteiger partial charge in [-0.25, -0.2) is 0 Å². The zero-order valence-corrected chi connectivity index (χ0v) is 12.0. The van der Waals surface area contributed by atoms with Gasteiger partial charge in [-0.3, -0.25) is 4.79 Å². The summed E-state index contributed by atoms with van der Waals surface area (Å²) >= 11 is 0. The maximum Gasteiger partial charge on any atom is 0.254 e. The van der Waals surface area contributed by atoms with Crippen LogP contribution in [0.25, 0.3) is 0 Å². The Morgan fingerprint density at radius 1 is 1.20 bits per heavy atom. The van der Waals surface area contributed by atoms with E-state index in [0.29, 0.717) is 25.3 Å². The van der Waals surface area contributed by atoms with E-state index in [-0.39, 0.29) is 5.91 Å². The SMILES string of the molecule is C=CCN(CC=C)C(=O)c1ccc(OCC(=C)C)cc1. The highest BCUT2D eigenvalue weighted by molar-refractivity contribution is 5.94. The predicted octanol–water partition coefficient (Wildman–Crippen LogP) is 3.46. The van der Waals surface area contributed by atoms with Gasteiger partial charge >= 0.3 is 0 Å². The van der Waals surface area contributed by atoms with Crippen LogP contribution in [0.3, 0.4) is 0 Å². The third-order valence-electron chi connectivity index (χ3n) is 2.57. The van der Waals surface area contributed by atoms with E-state index in [1.54, 1.807) is 41.3 Å². The largest absolute Gasteiger partial charge is 0.489 e. The molecule has 0 spiro atoms. The van der Waals surface area contributed by atoms with Crippen molar-refractivity contribution in [3.8, 4) is 5.75 Å². The second kappa shape index (κ2) is 8.00. The lowest BCUT2D eigenvalue weighted by molar-refractivity contribution is 0.0791. The zero-order chi connectivity index (χ0) is 15.0. The summed E-state index contributed by atoms with van der Waals surface area (Å²) in [7, 11) is 0. The molecule has 20 heavy (non-hydrogen) atoms. The molecule has 0 aliphatic carbocycles. The van der Waals surface area contributed by atoms with E-state index >= 15 is 0 Å². The van der Waals surface area contributed by atoms with Gasteiger partial charge in [-0.15, -0.1) is 13.2 Å². The van der Waals surface area contributed by atoms with Crippen LogP contribution in [-0.4, -0.2) is 30.5 Å². The number of carbonyl (C=O) groups excluding carboxylic acids is 1. The molecule has 0 heterocycles. The van der Waals surface area contributed by atoms with E-state index in [9.17, 15) is 4.79 Å². The van der Waals surface area contributed by atoms with Crippen LogP contribution in [0, 0.1) is 0 Å². The summed E-state index contributed by atoms with van der Waals surface area (Å²) < 4.78 is 5.50. The highest BCUT2D eigenvalue weighted by Crippen LogP contribution is 2.14. The molecule has 0 atom stereocenters. The van der Waals surface area contributed by atoms with E-state index in [1.807, 2.05) is 6.92 Å². The molecule has 1 rings (SSSR count). The second-order valence-corrected chi connectivity index (χ2v) is 4.56. The van der Waals surface area contributed by atoms with Crippen molar-refractivity contribution >= 4 is 5.91 Å². The van der Waals surface area contributed by atoms with Crippen molar-refractivity contribution in [2.45, 2.75) is 6.92 Å². The molecule has 0 saturated heterocycles. The van der Waals surface area contributed by atoms with Crippen LogP contribution in [0.4, 0.5) is 0 Å². The Morgan fingerprint density at radius 3 is 2.20 bits per heavy atom. The van der Waals surface area contributed by atoms with Crippen molar-refractivity contribution in [2.75, 3.05) is 19.7 Å². The van der Waals surface area contributed by atoms with Crippen LogP contribution in [0.5, 0.6) is 5.75 Å². The number of benzene rings is 1. The lowest BCUT2D eigenvalue weighted by atomic mass is 10.2. The lowest BCUT2D eigenvalue weighted by Gasteiger charge is -2.19. The minimum atomic E-state index is -0.0451. The van der Waals surface area contributed by atoms with Crippen LogP contribution in [0.15, 0.2) is 61.7 Å². The molecule has 1 aromatic carbocycles. The highest BCUT2D eigenvalue weighted by Gasteiger charge is 2.13. The fourth-order valence-corrected chi connectivity index (χ4v) is 1.63. The normalized spacial score (nSPS) is 9.65. The van der Waals surface area contributed by atoms with Gasteiger partial charge in [0.05, 0.1) is 0 Å². The van der Waals surface area contributed by atoms with Crippen LogP contribution in [0.1, 0.15) is 17.3 Å². The van der Waals surface area contributed by atoms with Crippen molar-refractivity contribution in [3.63, 3.8) is 0 Å². The minimum absolute atomic E-state index is 0.0451. The molecule has 0 aliphatic rings. The van der Waals surface area contributed by atoms with Gasteiger partial charge in [-0.2, -0.15) is 0 Å². The Kier molecular flexibility index (Phi) is 6.30. The first kappa shape index (κ1) is 15.8. The molecule has 0 bridgehead atoms. The monoisotopic (exact) mass is 271 g/mol. The first-order valence-electron chi connectivity index (χ1n) is 6.46. The van der Waals surface area contributed by atoms with Gasteiger partial charge in [0.25, 0.3) is 5.91 Å². The number of ether oxygens (including phenoxy) is 1. The van der Waals surface area contributed by atoms with Gasteiger partial charge < -0.3 is 9.64 Å². The first-order valence-corrected chi connectivity index (χ1v) is 6.46. The second-order valence-electron chi connectivity index (χ2n) is 4.56. The summed E-state index contributed by atoms with van der Waals surface area (Å²) in [6, 6.07) is 7.09. The van der Waals surface area contributed by atoms with E-state index in [4.69, 9.17) is 4.74 Å².